The Morgan fingerprint density at radius 1 is 1.47 bits per heavy atom. The molecule has 0 aliphatic heterocycles. The third-order valence-electron chi connectivity index (χ3n) is 2.22. The number of aryl methyl sites for hydroxylation is 1. The second-order valence-corrected chi connectivity index (χ2v) is 3.90. The van der Waals surface area contributed by atoms with E-state index in [1.807, 2.05) is 12.1 Å². The second-order valence-electron chi connectivity index (χ2n) is 3.35. The molecular formula is C10H12N4S. The number of nitrogens with two attached hydrogens (primary N) is 1. The highest BCUT2D eigenvalue weighted by molar-refractivity contribution is 6.99. The summed E-state index contributed by atoms with van der Waals surface area (Å²) >= 11 is 1.19. The summed E-state index contributed by atoms with van der Waals surface area (Å²) in [4.78, 5) is 0. The Hall–Kier alpha value is -1.30. The zero-order valence-electron chi connectivity index (χ0n) is 8.34. The average molecular weight is 220 g/mol. The molecule has 0 bridgehead atoms. The van der Waals surface area contributed by atoms with Crippen LogP contribution in [0, 0.1) is 6.92 Å². The minimum Gasteiger partial charge on any atom is -0.271 e. The van der Waals surface area contributed by atoms with E-state index >= 15 is 0 Å². The van der Waals surface area contributed by atoms with Crippen molar-refractivity contribution < 1.29 is 0 Å². The molecule has 3 N–H and O–H groups in total. The number of benzene rings is 1. The first-order chi connectivity index (χ1) is 7.31. The van der Waals surface area contributed by atoms with Crippen LogP contribution in [0.1, 0.15) is 22.9 Å². The Labute approximate surface area is 92.4 Å². The van der Waals surface area contributed by atoms with Gasteiger partial charge < -0.3 is 0 Å². The molecule has 1 unspecified atom stereocenters. The molecule has 5 heteroatoms. The van der Waals surface area contributed by atoms with E-state index in [9.17, 15) is 0 Å². The highest BCUT2D eigenvalue weighted by atomic mass is 32.1. The number of nitrogens with zero attached hydrogens (tertiary/aromatic N) is 2. The van der Waals surface area contributed by atoms with E-state index in [1.165, 1.54) is 17.3 Å². The lowest BCUT2D eigenvalue weighted by atomic mass is 10.0. The van der Waals surface area contributed by atoms with Crippen LogP contribution >= 0.6 is 11.7 Å². The first-order valence-electron chi connectivity index (χ1n) is 4.61. The Morgan fingerprint density at radius 3 is 2.93 bits per heavy atom. The molecule has 4 nitrogen and oxygen atoms in total. The van der Waals surface area contributed by atoms with Crippen LogP contribution in [0.3, 0.4) is 0 Å². The molecule has 1 heterocycles. The number of hydrogen-bond acceptors (Lipinski definition) is 5. The van der Waals surface area contributed by atoms with Crippen molar-refractivity contribution in [3.63, 3.8) is 0 Å². The predicted octanol–water partition coefficient (Wildman–Crippen LogP) is 1.40. The molecule has 0 saturated carbocycles. The Balaban J connectivity index is 2.35. The number of hydrogen-bond donors (Lipinski definition) is 2. The largest absolute Gasteiger partial charge is 0.271 e. The lowest BCUT2D eigenvalue weighted by Crippen LogP contribution is -2.29. The molecule has 78 valence electrons. The third-order valence-corrected chi connectivity index (χ3v) is 2.71. The molecule has 2 rings (SSSR count). The standard InChI is InChI=1S/C10H12N4S/c1-7-3-2-4-8(5-7)10(13-11)9-6-12-15-14-9/h2-6,10,13H,11H2,1H3. The molecule has 0 aliphatic carbocycles. The average Bonchev–Trinajstić information content (AvgIpc) is 2.72. The number of nitrogens with one attached hydrogen (secondary N) is 1. The van der Waals surface area contributed by atoms with Crippen molar-refractivity contribution in [2.45, 2.75) is 13.0 Å². The predicted molar refractivity (Wildman–Crippen MR) is 60.3 cm³/mol. The summed E-state index contributed by atoms with van der Waals surface area (Å²) in [5.74, 6) is 5.53. The Morgan fingerprint density at radius 2 is 2.33 bits per heavy atom. The van der Waals surface area contributed by atoms with Gasteiger partial charge in [-0.3, -0.25) is 5.84 Å². The maximum Gasteiger partial charge on any atom is 0.0970 e. The number of hydrazine groups is 1. The van der Waals surface area contributed by atoms with Crippen molar-refractivity contribution in [2.24, 2.45) is 5.84 Å². The maximum absolute atomic E-state index is 5.53. The van der Waals surface area contributed by atoms with E-state index in [0.29, 0.717) is 0 Å². The topological polar surface area (TPSA) is 63.8 Å². The van der Waals surface area contributed by atoms with Crippen molar-refractivity contribution in [1.29, 1.82) is 0 Å². The van der Waals surface area contributed by atoms with E-state index in [0.717, 1.165) is 11.3 Å². The summed E-state index contributed by atoms with van der Waals surface area (Å²) in [6.45, 7) is 2.05. The molecule has 2 aromatic rings. The van der Waals surface area contributed by atoms with Gasteiger partial charge in [0.05, 0.1) is 29.7 Å². The third kappa shape index (κ3) is 2.20. The molecule has 0 spiro atoms. The summed E-state index contributed by atoms with van der Waals surface area (Å²) in [5.41, 5.74) is 5.91. The van der Waals surface area contributed by atoms with E-state index in [-0.39, 0.29) is 6.04 Å². The lowest BCUT2D eigenvalue weighted by molar-refractivity contribution is 0.625. The van der Waals surface area contributed by atoms with Gasteiger partial charge in [0.25, 0.3) is 0 Å². The van der Waals surface area contributed by atoms with Crippen LogP contribution in [0.15, 0.2) is 30.5 Å². The molecule has 1 aromatic carbocycles. The molecule has 15 heavy (non-hydrogen) atoms. The second kappa shape index (κ2) is 4.48. The Bertz CT molecular complexity index is 427. The quantitative estimate of drug-likeness (QED) is 0.606. The highest BCUT2D eigenvalue weighted by Gasteiger charge is 2.14. The normalized spacial score (nSPS) is 12.7. The van der Waals surface area contributed by atoms with E-state index in [4.69, 9.17) is 5.84 Å². The van der Waals surface area contributed by atoms with E-state index in [1.54, 1.807) is 6.20 Å². The zero-order chi connectivity index (χ0) is 10.7. The summed E-state index contributed by atoms with van der Waals surface area (Å²) in [7, 11) is 0. The van der Waals surface area contributed by atoms with Gasteiger partial charge in [-0.15, -0.1) is 0 Å². The van der Waals surface area contributed by atoms with Gasteiger partial charge in [-0.05, 0) is 12.5 Å². The van der Waals surface area contributed by atoms with Crippen LogP contribution in [0.5, 0.6) is 0 Å². The van der Waals surface area contributed by atoms with Gasteiger partial charge in [0.2, 0.25) is 0 Å². The maximum atomic E-state index is 5.53. The summed E-state index contributed by atoms with van der Waals surface area (Å²) in [6, 6.07) is 8.09. The smallest absolute Gasteiger partial charge is 0.0970 e. The summed E-state index contributed by atoms with van der Waals surface area (Å²) in [6.07, 6.45) is 1.73. The van der Waals surface area contributed by atoms with Crippen molar-refractivity contribution in [2.75, 3.05) is 0 Å². The van der Waals surface area contributed by atoms with Gasteiger partial charge in [-0.2, -0.15) is 8.75 Å². The van der Waals surface area contributed by atoms with Crippen molar-refractivity contribution in [3.05, 3.63) is 47.3 Å². The van der Waals surface area contributed by atoms with Crippen LogP contribution in [0.2, 0.25) is 0 Å². The highest BCUT2D eigenvalue weighted by Crippen LogP contribution is 2.20. The van der Waals surface area contributed by atoms with Gasteiger partial charge in [-0.25, -0.2) is 5.43 Å². The fourth-order valence-electron chi connectivity index (χ4n) is 1.50. The molecule has 0 fully saturated rings. The molecule has 1 atom stereocenters. The van der Waals surface area contributed by atoms with Crippen LogP contribution in [-0.2, 0) is 0 Å². The molecule has 0 saturated heterocycles. The minimum atomic E-state index is -0.0800. The molecule has 0 radical (unpaired) electrons. The fourth-order valence-corrected chi connectivity index (χ4v) is 1.95. The summed E-state index contributed by atoms with van der Waals surface area (Å²) in [5, 5.41) is 0. The van der Waals surface area contributed by atoms with Crippen molar-refractivity contribution in [3.8, 4) is 0 Å². The van der Waals surface area contributed by atoms with Gasteiger partial charge >= 0.3 is 0 Å². The zero-order valence-corrected chi connectivity index (χ0v) is 9.16. The first-order valence-corrected chi connectivity index (χ1v) is 5.34. The monoisotopic (exact) mass is 220 g/mol. The van der Waals surface area contributed by atoms with E-state index in [2.05, 4.69) is 33.2 Å². The van der Waals surface area contributed by atoms with Crippen molar-refractivity contribution in [1.82, 2.24) is 14.2 Å². The van der Waals surface area contributed by atoms with Crippen LogP contribution in [-0.4, -0.2) is 8.75 Å². The first kappa shape index (κ1) is 10.2. The van der Waals surface area contributed by atoms with Crippen LogP contribution in [0.4, 0.5) is 0 Å². The minimum absolute atomic E-state index is 0.0800. The van der Waals surface area contributed by atoms with Gasteiger partial charge in [-0.1, -0.05) is 29.8 Å². The van der Waals surface area contributed by atoms with Crippen molar-refractivity contribution >= 4 is 11.7 Å². The number of aromatic nitrogens is 2. The van der Waals surface area contributed by atoms with E-state index < -0.39 is 0 Å². The number of rotatable bonds is 3. The lowest BCUT2D eigenvalue weighted by Gasteiger charge is -2.13. The molecule has 0 aliphatic rings. The van der Waals surface area contributed by atoms with Gasteiger partial charge in [0, 0.05) is 0 Å². The Kier molecular flexibility index (Phi) is 3.05. The van der Waals surface area contributed by atoms with Gasteiger partial charge in [0.1, 0.15) is 0 Å². The molecular weight excluding hydrogens is 208 g/mol. The molecule has 1 aromatic heterocycles. The fraction of sp³-hybridized carbons (Fsp3) is 0.200. The van der Waals surface area contributed by atoms with Gasteiger partial charge in [0.15, 0.2) is 0 Å². The molecule has 0 amide bonds. The summed E-state index contributed by atoms with van der Waals surface area (Å²) < 4.78 is 8.16. The van der Waals surface area contributed by atoms with Crippen LogP contribution < -0.4 is 11.3 Å². The van der Waals surface area contributed by atoms with Crippen LogP contribution in [0.25, 0.3) is 0 Å². The SMILES string of the molecule is Cc1cccc(C(NN)c2cnsn2)c1.